The Morgan fingerprint density at radius 3 is 2.60 bits per heavy atom. The largest absolute Gasteiger partial charge is 0.493 e. The zero-order valence-electron chi connectivity index (χ0n) is 14.3. The van der Waals surface area contributed by atoms with E-state index in [1.807, 2.05) is 42.5 Å². The number of aliphatic hydroxyl groups excluding tert-OH is 1. The molecule has 0 unspecified atom stereocenters. The monoisotopic (exact) mass is 409 g/mol. The van der Waals surface area contributed by atoms with Crippen molar-refractivity contribution in [3.63, 3.8) is 0 Å². The number of aliphatic hydroxyl groups is 1. The number of halogens is 1. The van der Waals surface area contributed by atoms with Crippen molar-refractivity contribution in [2.75, 3.05) is 33.5 Å². The highest BCUT2D eigenvalue weighted by atomic mass is 79.9. The molecule has 0 saturated heterocycles. The van der Waals surface area contributed by atoms with Crippen LogP contribution in [0, 0.1) is 0 Å². The lowest BCUT2D eigenvalue weighted by Crippen LogP contribution is -2.20. The predicted molar refractivity (Wildman–Crippen MR) is 101 cm³/mol. The molecule has 2 N–H and O–H groups in total. The van der Waals surface area contributed by atoms with Crippen molar-refractivity contribution in [3.05, 3.63) is 58.1 Å². The van der Waals surface area contributed by atoms with E-state index in [1.165, 1.54) is 0 Å². The number of ether oxygens (including phenoxy) is 3. The molecular weight excluding hydrogens is 386 g/mol. The summed E-state index contributed by atoms with van der Waals surface area (Å²) in [5.41, 5.74) is 2.18. The third-order valence-corrected chi connectivity index (χ3v) is 4.28. The Morgan fingerprint density at radius 2 is 1.88 bits per heavy atom. The summed E-state index contributed by atoms with van der Waals surface area (Å²) in [4.78, 5) is 0. The molecule has 2 aromatic rings. The second-order valence-electron chi connectivity index (χ2n) is 5.38. The summed E-state index contributed by atoms with van der Waals surface area (Å²) in [6, 6.07) is 13.9. The molecule has 2 rings (SSSR count). The van der Waals surface area contributed by atoms with Crippen LogP contribution in [0.15, 0.2) is 46.9 Å². The molecule has 0 aliphatic heterocycles. The van der Waals surface area contributed by atoms with Crippen LogP contribution in [0.2, 0.25) is 0 Å². The SMILES string of the molecule is COc1cc(CNCCOCCO)c(Br)cc1OCc1ccccc1. The molecule has 0 saturated carbocycles. The van der Waals surface area contributed by atoms with Crippen molar-refractivity contribution in [1.29, 1.82) is 0 Å². The minimum absolute atomic E-state index is 0.0488. The van der Waals surface area contributed by atoms with E-state index in [0.717, 1.165) is 15.6 Å². The van der Waals surface area contributed by atoms with Crippen molar-refractivity contribution in [1.82, 2.24) is 5.32 Å². The van der Waals surface area contributed by atoms with Crippen molar-refractivity contribution in [2.24, 2.45) is 0 Å². The lowest BCUT2D eigenvalue weighted by molar-refractivity contribution is 0.0938. The summed E-state index contributed by atoms with van der Waals surface area (Å²) in [5, 5.41) is 12.0. The van der Waals surface area contributed by atoms with Gasteiger partial charge in [-0.05, 0) is 23.3 Å². The Labute approximate surface area is 157 Å². The quantitative estimate of drug-likeness (QED) is 0.558. The fourth-order valence-electron chi connectivity index (χ4n) is 2.25. The summed E-state index contributed by atoms with van der Waals surface area (Å²) in [6.07, 6.45) is 0. The van der Waals surface area contributed by atoms with Crippen LogP contribution in [-0.4, -0.2) is 38.6 Å². The summed E-state index contributed by atoms with van der Waals surface area (Å²) in [7, 11) is 1.64. The molecule has 25 heavy (non-hydrogen) atoms. The van der Waals surface area contributed by atoms with Crippen LogP contribution in [0.25, 0.3) is 0 Å². The Hall–Kier alpha value is -1.60. The predicted octanol–water partition coefficient (Wildman–Crippen LogP) is 3.14. The van der Waals surface area contributed by atoms with Gasteiger partial charge < -0.3 is 24.6 Å². The van der Waals surface area contributed by atoms with Crippen LogP contribution in [-0.2, 0) is 17.9 Å². The first-order valence-electron chi connectivity index (χ1n) is 8.17. The fraction of sp³-hybridized carbons (Fsp3) is 0.368. The van der Waals surface area contributed by atoms with Gasteiger partial charge in [-0.15, -0.1) is 0 Å². The molecule has 0 spiro atoms. The summed E-state index contributed by atoms with van der Waals surface area (Å²) < 4.78 is 17.5. The maximum atomic E-state index is 8.66. The van der Waals surface area contributed by atoms with Crippen molar-refractivity contribution in [3.8, 4) is 11.5 Å². The molecule has 0 aromatic heterocycles. The Balaban J connectivity index is 1.92. The fourth-order valence-corrected chi connectivity index (χ4v) is 2.72. The first-order valence-corrected chi connectivity index (χ1v) is 8.96. The van der Waals surface area contributed by atoms with Gasteiger partial charge in [0.2, 0.25) is 0 Å². The average Bonchev–Trinajstić information content (AvgIpc) is 2.65. The van der Waals surface area contributed by atoms with Gasteiger partial charge >= 0.3 is 0 Å². The molecule has 0 fully saturated rings. The summed E-state index contributed by atoms with van der Waals surface area (Å²) in [6.45, 7) is 2.86. The van der Waals surface area contributed by atoms with E-state index in [2.05, 4.69) is 21.2 Å². The maximum Gasteiger partial charge on any atom is 0.162 e. The first-order chi connectivity index (χ1) is 12.2. The number of methoxy groups -OCH3 is 1. The molecular formula is C19H24BrNO4. The molecule has 136 valence electrons. The number of hydrogen-bond donors (Lipinski definition) is 2. The van der Waals surface area contributed by atoms with Crippen molar-refractivity contribution in [2.45, 2.75) is 13.2 Å². The van der Waals surface area contributed by atoms with Gasteiger partial charge in [-0.25, -0.2) is 0 Å². The highest BCUT2D eigenvalue weighted by molar-refractivity contribution is 9.10. The zero-order chi connectivity index (χ0) is 17.9. The summed E-state index contributed by atoms with van der Waals surface area (Å²) >= 11 is 3.59. The van der Waals surface area contributed by atoms with Crippen LogP contribution in [0.1, 0.15) is 11.1 Å². The van der Waals surface area contributed by atoms with Crippen molar-refractivity contribution < 1.29 is 19.3 Å². The van der Waals surface area contributed by atoms with Crippen molar-refractivity contribution >= 4 is 15.9 Å². The van der Waals surface area contributed by atoms with Crippen LogP contribution in [0.3, 0.4) is 0 Å². The molecule has 0 radical (unpaired) electrons. The second kappa shape index (κ2) is 11.1. The topological polar surface area (TPSA) is 60.0 Å². The van der Waals surface area contributed by atoms with Gasteiger partial charge in [0.25, 0.3) is 0 Å². The van der Waals surface area contributed by atoms with E-state index in [9.17, 15) is 0 Å². The van der Waals surface area contributed by atoms with E-state index < -0.39 is 0 Å². The number of hydrogen-bond acceptors (Lipinski definition) is 5. The van der Waals surface area contributed by atoms with Crippen LogP contribution < -0.4 is 14.8 Å². The van der Waals surface area contributed by atoms with Gasteiger partial charge in [0.1, 0.15) is 6.61 Å². The highest BCUT2D eigenvalue weighted by Gasteiger charge is 2.10. The Morgan fingerprint density at radius 1 is 1.08 bits per heavy atom. The molecule has 0 aliphatic carbocycles. The number of rotatable bonds is 11. The number of benzene rings is 2. The molecule has 6 heteroatoms. The maximum absolute atomic E-state index is 8.66. The van der Waals surface area contributed by atoms with Crippen LogP contribution in [0.4, 0.5) is 0 Å². The Kier molecular flexibility index (Phi) is 8.76. The van der Waals surface area contributed by atoms with Gasteiger partial charge in [0.15, 0.2) is 11.5 Å². The first kappa shape index (κ1) is 19.7. The highest BCUT2D eigenvalue weighted by Crippen LogP contribution is 2.34. The molecule has 0 amide bonds. The minimum atomic E-state index is 0.0488. The van der Waals surface area contributed by atoms with Crippen LogP contribution >= 0.6 is 15.9 Å². The van der Waals surface area contributed by atoms with Gasteiger partial charge in [0.05, 0.1) is 26.9 Å². The second-order valence-corrected chi connectivity index (χ2v) is 6.24. The van der Waals surface area contributed by atoms with E-state index in [-0.39, 0.29) is 6.61 Å². The molecule has 0 bridgehead atoms. The third kappa shape index (κ3) is 6.66. The minimum Gasteiger partial charge on any atom is -0.493 e. The molecule has 5 nitrogen and oxygen atoms in total. The molecule has 2 aromatic carbocycles. The zero-order valence-corrected chi connectivity index (χ0v) is 15.9. The molecule has 0 aliphatic rings. The number of nitrogens with one attached hydrogen (secondary N) is 1. The van der Waals surface area contributed by atoms with Gasteiger partial charge in [0, 0.05) is 17.6 Å². The van der Waals surface area contributed by atoms with Gasteiger partial charge in [-0.1, -0.05) is 46.3 Å². The third-order valence-electron chi connectivity index (χ3n) is 3.54. The lowest BCUT2D eigenvalue weighted by Gasteiger charge is -2.14. The average molecular weight is 410 g/mol. The summed E-state index contributed by atoms with van der Waals surface area (Å²) in [5.74, 6) is 1.40. The standard InChI is InChI=1S/C19H24BrNO4/c1-23-18-11-16(13-21-7-9-24-10-8-22)17(20)12-19(18)25-14-15-5-3-2-4-6-15/h2-6,11-12,21-22H,7-10,13-14H2,1H3. The van der Waals surface area contributed by atoms with E-state index in [1.54, 1.807) is 7.11 Å². The van der Waals surface area contributed by atoms with Crippen LogP contribution in [0.5, 0.6) is 11.5 Å². The normalized spacial score (nSPS) is 10.7. The molecule has 0 atom stereocenters. The van der Waals surface area contributed by atoms with Gasteiger partial charge in [-0.2, -0.15) is 0 Å². The van der Waals surface area contributed by atoms with E-state index in [0.29, 0.717) is 44.4 Å². The molecule has 0 heterocycles. The lowest BCUT2D eigenvalue weighted by atomic mass is 10.2. The Bertz CT molecular complexity index is 637. The van der Waals surface area contributed by atoms with E-state index >= 15 is 0 Å². The van der Waals surface area contributed by atoms with E-state index in [4.69, 9.17) is 19.3 Å². The van der Waals surface area contributed by atoms with Gasteiger partial charge in [-0.3, -0.25) is 0 Å². The smallest absolute Gasteiger partial charge is 0.162 e.